The first-order valence-corrected chi connectivity index (χ1v) is 25.1. The van der Waals surface area contributed by atoms with Gasteiger partial charge in [0.2, 0.25) is 0 Å². The number of pyridine rings is 1. The molecule has 0 atom stereocenters. The molecule has 2 aromatic heterocycles. The van der Waals surface area contributed by atoms with Crippen LogP contribution in [0.15, 0.2) is 164 Å². The van der Waals surface area contributed by atoms with Gasteiger partial charge in [-0.25, -0.2) is 4.98 Å². The van der Waals surface area contributed by atoms with Crippen molar-refractivity contribution < 1.29 is 25.8 Å². The number of aromatic nitrogens is 2. The van der Waals surface area contributed by atoms with Gasteiger partial charge in [0.25, 0.3) is 0 Å². The molecule has 0 spiro atoms. The van der Waals surface area contributed by atoms with E-state index in [0.29, 0.717) is 11.5 Å². The number of hydrogen-bond acceptors (Lipinski definition) is 4. The minimum atomic E-state index is -0.273. The van der Waals surface area contributed by atoms with Crippen molar-refractivity contribution in [3.63, 3.8) is 0 Å². The second kappa shape index (κ2) is 19.5. The summed E-state index contributed by atoms with van der Waals surface area (Å²) in [6, 6.07) is 64.7. The van der Waals surface area contributed by atoms with E-state index in [-0.39, 0.29) is 55.6 Å². The largest absolute Gasteiger partial charge is 4.00 e. The molecular weight excluding hydrogens is 1070 g/mol. The zero-order valence-electron chi connectivity index (χ0n) is 45.2. The predicted octanol–water partition coefficient (Wildman–Crippen LogP) is 18.0. The monoisotopic (exact) mass is 1140 g/mol. The minimum Gasteiger partial charge on any atom is -0.509 e. The summed E-state index contributed by atoms with van der Waals surface area (Å²) >= 11 is 0. The second-order valence-electron chi connectivity index (χ2n) is 23.6. The number of rotatable bonds is 9. The SMILES string of the molecule is CC(C)(C)c1ccnc(-n2c3[c-]c(Oc4[c-]c(N5[CH-]N(c6cc(C(C)(C)c7ccccc7)cc(C(C)(C)c7ccccc7)c6)c6ccc(C(C)(C)C)cc65)ccc4)cc(C(C)(C)C)c3c3ccccc32)c1.[CH3-].[Pt+4]. The number of nitrogens with zero attached hydrogens (tertiary/aromatic N) is 4. The maximum absolute atomic E-state index is 6.96. The Hall–Kier alpha value is -6.42. The van der Waals surface area contributed by atoms with Crippen LogP contribution < -0.4 is 14.5 Å². The van der Waals surface area contributed by atoms with Crippen molar-refractivity contribution in [2.24, 2.45) is 0 Å². The van der Waals surface area contributed by atoms with Crippen molar-refractivity contribution in [3.05, 3.63) is 229 Å². The normalized spacial score (nSPS) is 13.2. The molecule has 0 saturated heterocycles. The molecule has 0 N–H and O–H groups in total. The van der Waals surface area contributed by atoms with Crippen molar-refractivity contribution in [2.75, 3.05) is 9.80 Å². The summed E-state index contributed by atoms with van der Waals surface area (Å²) in [7, 11) is 0. The average Bonchev–Trinajstić information content (AvgIpc) is 3.89. The quantitative estimate of drug-likeness (QED) is 0.135. The van der Waals surface area contributed by atoms with E-state index in [2.05, 4.69) is 275 Å². The van der Waals surface area contributed by atoms with Gasteiger partial charge in [-0.3, -0.25) is 0 Å². The zero-order valence-corrected chi connectivity index (χ0v) is 47.5. The Morgan fingerprint density at radius 2 is 1.07 bits per heavy atom. The Balaban J connectivity index is 0.00000356. The van der Waals surface area contributed by atoms with Crippen LogP contribution in [0.3, 0.4) is 0 Å². The third kappa shape index (κ3) is 9.91. The molecule has 0 bridgehead atoms. The molecule has 10 rings (SSSR count). The van der Waals surface area contributed by atoms with Crippen LogP contribution in [0.5, 0.6) is 11.5 Å². The Labute approximate surface area is 450 Å². The first-order chi connectivity index (χ1) is 33.6. The average molecular weight is 1140 g/mol. The molecule has 0 fully saturated rings. The molecule has 7 aromatic carbocycles. The number of fused-ring (bicyclic) bond motifs is 4. The molecule has 73 heavy (non-hydrogen) atoms. The van der Waals surface area contributed by atoms with Crippen LogP contribution in [0.25, 0.3) is 27.6 Å². The summed E-state index contributed by atoms with van der Waals surface area (Å²) in [5.41, 5.74) is 14.0. The van der Waals surface area contributed by atoms with Crippen LogP contribution in [0.4, 0.5) is 22.7 Å². The van der Waals surface area contributed by atoms with Gasteiger partial charge in [-0.2, -0.15) is 6.07 Å². The molecule has 0 saturated carbocycles. The van der Waals surface area contributed by atoms with Gasteiger partial charge in [0.05, 0.1) is 0 Å². The van der Waals surface area contributed by atoms with Gasteiger partial charge in [-0.15, -0.1) is 48.3 Å². The molecule has 6 heteroatoms. The third-order valence-electron chi connectivity index (χ3n) is 14.8. The van der Waals surface area contributed by atoms with Gasteiger partial charge in [-0.1, -0.05) is 192 Å². The fourth-order valence-corrected chi connectivity index (χ4v) is 10.2. The van der Waals surface area contributed by atoms with Crippen LogP contribution in [0.1, 0.15) is 129 Å². The van der Waals surface area contributed by atoms with Gasteiger partial charge in [0, 0.05) is 51.1 Å². The van der Waals surface area contributed by atoms with Crippen molar-refractivity contribution in [3.8, 4) is 17.3 Å². The molecule has 3 heterocycles. The fourth-order valence-electron chi connectivity index (χ4n) is 10.2. The number of anilines is 4. The third-order valence-corrected chi connectivity index (χ3v) is 14.8. The molecule has 0 aliphatic carbocycles. The summed E-state index contributed by atoms with van der Waals surface area (Å²) in [6.45, 7) is 32.0. The summed E-state index contributed by atoms with van der Waals surface area (Å²) in [4.78, 5) is 9.60. The van der Waals surface area contributed by atoms with Crippen LogP contribution in [-0.4, -0.2) is 9.55 Å². The Kier molecular flexibility index (Phi) is 14.1. The van der Waals surface area contributed by atoms with Crippen molar-refractivity contribution in [1.82, 2.24) is 9.55 Å². The molecule has 0 unspecified atom stereocenters. The number of ether oxygens (including phenoxy) is 1. The van der Waals surface area contributed by atoms with E-state index in [4.69, 9.17) is 9.72 Å². The van der Waals surface area contributed by atoms with Crippen molar-refractivity contribution >= 4 is 44.6 Å². The van der Waals surface area contributed by atoms with Crippen LogP contribution >= 0.6 is 0 Å². The number of benzene rings is 7. The zero-order chi connectivity index (χ0) is 50.3. The van der Waals surface area contributed by atoms with E-state index >= 15 is 0 Å². The van der Waals surface area contributed by atoms with E-state index < -0.39 is 0 Å². The minimum absolute atomic E-state index is 0. The molecule has 0 amide bonds. The number of para-hydroxylation sites is 1. The molecule has 0 radical (unpaired) electrons. The van der Waals surface area contributed by atoms with Crippen molar-refractivity contribution in [1.29, 1.82) is 0 Å². The number of hydrogen-bond donors (Lipinski definition) is 0. The summed E-state index contributed by atoms with van der Waals surface area (Å²) in [5, 5.41) is 2.32. The standard InChI is InChI=1S/C66H67N4O.CH3.Pt/c1-62(2,3)46-31-32-57-58(38-46)68(43-69(57)51-36-48(65(10,11)44-23-16-14-17-24-44)35-49(37-51)66(12,13)45-25-18-15-19-26-45)50-27-22-28-52(40-50)71-53-41-55(64(7,8)9)61-54-29-20-21-30-56(54)70(59(61)42-53)60-39-47(33-34-67-60)63(4,5)6;;/h14-39,41,43H,1-13H3;1H3;/q-3;-1;+4. The van der Waals surface area contributed by atoms with E-state index in [1.807, 2.05) is 12.3 Å². The molecule has 1 aliphatic rings. The maximum Gasteiger partial charge on any atom is 4.00 e. The Bertz CT molecular complexity index is 3370. The summed E-state index contributed by atoms with van der Waals surface area (Å²) < 4.78 is 9.21. The Morgan fingerprint density at radius 3 is 1.67 bits per heavy atom. The topological polar surface area (TPSA) is 33.5 Å². The molecule has 374 valence electrons. The maximum atomic E-state index is 6.96. The van der Waals surface area contributed by atoms with E-state index in [1.54, 1.807) is 0 Å². The van der Waals surface area contributed by atoms with E-state index in [0.717, 1.165) is 45.0 Å². The predicted molar refractivity (Wildman–Crippen MR) is 304 cm³/mol. The first-order valence-electron chi connectivity index (χ1n) is 25.1. The van der Waals surface area contributed by atoms with Gasteiger partial charge >= 0.3 is 21.1 Å². The smallest absolute Gasteiger partial charge is 0.509 e. The van der Waals surface area contributed by atoms with Crippen LogP contribution in [0, 0.1) is 26.2 Å². The molecule has 9 aromatic rings. The van der Waals surface area contributed by atoms with Crippen LogP contribution in [0.2, 0.25) is 0 Å². The summed E-state index contributed by atoms with van der Waals surface area (Å²) in [6.07, 6.45) is 1.92. The second-order valence-corrected chi connectivity index (χ2v) is 23.6. The van der Waals surface area contributed by atoms with E-state index in [1.165, 1.54) is 44.3 Å². The molecular formula is C67H70N4OPt. The molecule has 1 aliphatic heterocycles. The van der Waals surface area contributed by atoms with Crippen LogP contribution in [-0.2, 0) is 48.1 Å². The van der Waals surface area contributed by atoms with E-state index in [9.17, 15) is 0 Å². The van der Waals surface area contributed by atoms with Gasteiger partial charge in [-0.05, 0) is 97.5 Å². The fraction of sp³-hybridized carbons (Fsp3) is 0.269. The first kappa shape index (κ1) is 52.9. The Morgan fingerprint density at radius 1 is 0.479 bits per heavy atom. The molecule has 5 nitrogen and oxygen atoms in total. The van der Waals surface area contributed by atoms with Gasteiger partial charge < -0.3 is 26.5 Å². The summed E-state index contributed by atoms with van der Waals surface area (Å²) in [5.74, 6) is 2.09. The van der Waals surface area contributed by atoms with Crippen molar-refractivity contribution in [2.45, 2.75) is 117 Å². The van der Waals surface area contributed by atoms with Gasteiger partial charge in [0.1, 0.15) is 5.82 Å². The van der Waals surface area contributed by atoms with Gasteiger partial charge in [0.15, 0.2) is 0 Å².